The maximum atomic E-state index is 12.6. The van der Waals surface area contributed by atoms with Gasteiger partial charge >= 0.3 is 0 Å². The molecule has 1 aliphatic heterocycles. The van der Waals surface area contributed by atoms with E-state index in [-0.39, 0.29) is 11.9 Å². The predicted octanol–water partition coefficient (Wildman–Crippen LogP) is 1.56. The Morgan fingerprint density at radius 1 is 1.67 bits per heavy atom. The molecule has 0 aromatic carbocycles. The summed E-state index contributed by atoms with van der Waals surface area (Å²) >= 11 is 1.40. The van der Waals surface area contributed by atoms with Crippen molar-refractivity contribution in [2.24, 2.45) is 0 Å². The summed E-state index contributed by atoms with van der Waals surface area (Å²) in [7, 11) is 0. The molecule has 0 N–H and O–H groups in total. The average Bonchev–Trinajstić information content (AvgIpc) is 2.54. The van der Waals surface area contributed by atoms with Crippen LogP contribution in [0.15, 0.2) is 11.4 Å². The highest BCUT2D eigenvalue weighted by Gasteiger charge is 2.17. The smallest absolute Gasteiger partial charge is 0.134 e. The Labute approximate surface area is 74.4 Å². The lowest BCUT2D eigenvalue weighted by atomic mass is 10.2. The summed E-state index contributed by atoms with van der Waals surface area (Å²) in [4.78, 5) is 0.941. The first kappa shape index (κ1) is 8.16. The van der Waals surface area contributed by atoms with Crippen LogP contribution in [0.25, 0.3) is 0 Å². The first-order valence-corrected chi connectivity index (χ1v) is 4.73. The molecule has 2 rings (SSSR count). The first-order chi connectivity index (χ1) is 5.86. The molecule has 0 bridgehead atoms. The lowest BCUT2D eigenvalue weighted by Gasteiger charge is -2.20. The Bertz CT molecular complexity index is 257. The molecule has 2 heterocycles. The molecule has 2 nitrogen and oxygen atoms in total. The molecule has 0 spiro atoms. The van der Waals surface area contributed by atoms with E-state index < -0.39 is 0 Å². The van der Waals surface area contributed by atoms with Crippen LogP contribution >= 0.6 is 11.3 Å². The fourth-order valence-corrected chi connectivity index (χ4v) is 1.98. The van der Waals surface area contributed by atoms with Gasteiger partial charge < -0.3 is 4.74 Å². The number of halogens is 1. The van der Waals surface area contributed by atoms with Gasteiger partial charge in [-0.05, 0) is 6.07 Å². The third-order valence-electron chi connectivity index (χ3n) is 1.77. The molecule has 1 atom stereocenters. The summed E-state index contributed by atoms with van der Waals surface area (Å²) < 4.78 is 18.0. The quantitative estimate of drug-likeness (QED) is 0.653. The van der Waals surface area contributed by atoms with Crippen molar-refractivity contribution in [1.82, 2.24) is 5.32 Å². The van der Waals surface area contributed by atoms with Crippen LogP contribution in [0.1, 0.15) is 11.0 Å². The lowest BCUT2D eigenvalue weighted by molar-refractivity contribution is 0.0282. The molecule has 0 aliphatic carbocycles. The third kappa shape index (κ3) is 1.65. The zero-order valence-corrected chi connectivity index (χ0v) is 7.31. The molecule has 1 unspecified atom stereocenters. The number of hydrogen-bond donors (Lipinski definition) is 0. The second-order valence-electron chi connectivity index (χ2n) is 2.66. The van der Waals surface area contributed by atoms with E-state index in [9.17, 15) is 4.39 Å². The zero-order valence-electron chi connectivity index (χ0n) is 6.50. The van der Waals surface area contributed by atoms with E-state index in [1.807, 2.05) is 0 Å². The predicted molar refractivity (Wildman–Crippen MR) is 44.8 cm³/mol. The highest BCUT2D eigenvalue weighted by atomic mass is 32.1. The second-order valence-corrected chi connectivity index (χ2v) is 3.60. The molecule has 1 aromatic rings. The molecule has 1 radical (unpaired) electrons. The van der Waals surface area contributed by atoms with E-state index in [0.29, 0.717) is 13.2 Å². The van der Waals surface area contributed by atoms with Gasteiger partial charge in [0.1, 0.15) is 11.9 Å². The van der Waals surface area contributed by atoms with Gasteiger partial charge in [0.05, 0.1) is 6.61 Å². The minimum Gasteiger partial charge on any atom is -0.370 e. The molecular weight excluding hydrogens is 177 g/mol. The second kappa shape index (κ2) is 3.51. The number of thiophene rings is 1. The fourth-order valence-electron chi connectivity index (χ4n) is 1.19. The van der Waals surface area contributed by atoms with Gasteiger partial charge in [-0.3, -0.25) is 0 Å². The van der Waals surface area contributed by atoms with E-state index in [1.165, 1.54) is 22.8 Å². The molecule has 0 saturated carbocycles. The van der Waals surface area contributed by atoms with E-state index in [1.54, 1.807) is 0 Å². The van der Waals surface area contributed by atoms with Gasteiger partial charge in [-0.2, -0.15) is 0 Å². The summed E-state index contributed by atoms with van der Waals surface area (Å²) in [5.74, 6) is -0.177. The van der Waals surface area contributed by atoms with Gasteiger partial charge in [0.25, 0.3) is 0 Å². The van der Waals surface area contributed by atoms with Gasteiger partial charge in [-0.15, -0.1) is 11.3 Å². The average molecular weight is 186 g/mol. The zero-order chi connectivity index (χ0) is 8.39. The molecule has 65 valence electrons. The van der Waals surface area contributed by atoms with E-state index >= 15 is 0 Å². The lowest BCUT2D eigenvalue weighted by Crippen LogP contribution is -2.27. The highest BCUT2D eigenvalue weighted by molar-refractivity contribution is 7.10. The fraction of sp³-hybridized carbons (Fsp3) is 0.500. The van der Waals surface area contributed by atoms with Gasteiger partial charge in [-0.1, -0.05) is 0 Å². The van der Waals surface area contributed by atoms with Crippen LogP contribution in [0.3, 0.4) is 0 Å². The SMILES string of the molecule is Fc1csc(C2C[N]CCO2)c1. The van der Waals surface area contributed by atoms with Crippen molar-refractivity contribution in [2.75, 3.05) is 19.7 Å². The summed E-state index contributed by atoms with van der Waals surface area (Å²) in [6.07, 6.45) is -0.00625. The van der Waals surface area contributed by atoms with Crippen molar-refractivity contribution in [2.45, 2.75) is 6.10 Å². The summed E-state index contributed by atoms with van der Waals surface area (Å²) in [6, 6.07) is 1.52. The van der Waals surface area contributed by atoms with Crippen LogP contribution in [0, 0.1) is 5.82 Å². The number of nitrogens with zero attached hydrogens (tertiary/aromatic N) is 1. The number of rotatable bonds is 1. The number of ether oxygens (including phenoxy) is 1. The summed E-state index contributed by atoms with van der Waals surface area (Å²) in [5, 5.41) is 5.70. The number of morpholine rings is 1. The maximum Gasteiger partial charge on any atom is 0.134 e. The summed E-state index contributed by atoms with van der Waals surface area (Å²) in [5.41, 5.74) is 0. The normalized spacial score (nSPS) is 24.2. The van der Waals surface area contributed by atoms with Crippen molar-refractivity contribution < 1.29 is 9.13 Å². The Balaban J connectivity index is 2.08. The van der Waals surface area contributed by atoms with E-state index in [2.05, 4.69) is 5.32 Å². The standard InChI is InChI=1S/C8H9FNOS/c9-6-3-8(12-5-6)7-4-10-1-2-11-7/h3,5,7H,1-2,4H2. The maximum absolute atomic E-state index is 12.6. The molecule has 1 aromatic heterocycles. The molecule has 0 amide bonds. The van der Waals surface area contributed by atoms with Crippen LogP contribution in [0.4, 0.5) is 4.39 Å². The van der Waals surface area contributed by atoms with Crippen molar-refractivity contribution in [3.63, 3.8) is 0 Å². The highest BCUT2D eigenvalue weighted by Crippen LogP contribution is 2.25. The monoisotopic (exact) mass is 186 g/mol. The van der Waals surface area contributed by atoms with Crippen LogP contribution in [-0.4, -0.2) is 19.7 Å². The largest absolute Gasteiger partial charge is 0.370 e. The molecule has 4 heteroatoms. The molecular formula is C8H9FNOS. The molecule has 1 saturated heterocycles. The first-order valence-electron chi connectivity index (χ1n) is 3.85. The summed E-state index contributed by atoms with van der Waals surface area (Å²) in [6.45, 7) is 2.09. The van der Waals surface area contributed by atoms with Gasteiger partial charge in [0.2, 0.25) is 0 Å². The third-order valence-corrected chi connectivity index (χ3v) is 2.76. The van der Waals surface area contributed by atoms with Gasteiger partial charge in [0.15, 0.2) is 0 Å². The number of hydrogen-bond acceptors (Lipinski definition) is 2. The van der Waals surface area contributed by atoms with Crippen molar-refractivity contribution >= 4 is 11.3 Å². The van der Waals surface area contributed by atoms with Gasteiger partial charge in [0, 0.05) is 23.3 Å². The minimum absolute atomic E-state index is 0.00625. The van der Waals surface area contributed by atoms with E-state index in [0.717, 1.165) is 11.4 Å². The van der Waals surface area contributed by atoms with Crippen molar-refractivity contribution in [3.05, 3.63) is 22.1 Å². The van der Waals surface area contributed by atoms with Crippen LogP contribution < -0.4 is 5.32 Å². The van der Waals surface area contributed by atoms with Crippen LogP contribution in [-0.2, 0) is 4.74 Å². The Kier molecular flexibility index (Phi) is 2.39. The Hall–Kier alpha value is -0.450. The topological polar surface area (TPSA) is 23.3 Å². The van der Waals surface area contributed by atoms with Crippen molar-refractivity contribution in [3.8, 4) is 0 Å². The van der Waals surface area contributed by atoms with Crippen molar-refractivity contribution in [1.29, 1.82) is 0 Å². The molecule has 12 heavy (non-hydrogen) atoms. The van der Waals surface area contributed by atoms with Crippen LogP contribution in [0.5, 0.6) is 0 Å². The molecule has 1 fully saturated rings. The van der Waals surface area contributed by atoms with Gasteiger partial charge in [-0.25, -0.2) is 9.71 Å². The van der Waals surface area contributed by atoms with E-state index in [4.69, 9.17) is 4.74 Å². The van der Waals surface area contributed by atoms with Crippen LogP contribution in [0.2, 0.25) is 0 Å². The molecule has 1 aliphatic rings. The Morgan fingerprint density at radius 2 is 2.58 bits per heavy atom. The Morgan fingerprint density at radius 3 is 3.17 bits per heavy atom. The minimum atomic E-state index is -0.177.